The van der Waals surface area contributed by atoms with Crippen molar-refractivity contribution in [1.82, 2.24) is 4.90 Å². The Hall–Kier alpha value is -1.38. The van der Waals surface area contributed by atoms with E-state index < -0.39 is 0 Å². The second-order valence-electron chi connectivity index (χ2n) is 4.02. The fraction of sp³-hybridized carbons (Fsp3) is 0.500. The minimum Gasteiger partial charge on any atom is -0.338 e. The van der Waals surface area contributed by atoms with Gasteiger partial charge < -0.3 is 4.90 Å². The van der Waals surface area contributed by atoms with Crippen molar-refractivity contribution in [3.63, 3.8) is 0 Å². The van der Waals surface area contributed by atoms with Crippen LogP contribution >= 0.6 is 0 Å². The third-order valence-electron chi connectivity index (χ3n) is 3.02. The lowest BCUT2D eigenvalue weighted by Gasteiger charge is -2.26. The van der Waals surface area contributed by atoms with Gasteiger partial charge in [0, 0.05) is 25.1 Å². The molecule has 15 heavy (non-hydrogen) atoms. The molecule has 1 aliphatic rings. The van der Waals surface area contributed by atoms with Crippen molar-refractivity contribution in [3.8, 4) is 0 Å². The van der Waals surface area contributed by atoms with E-state index in [9.17, 15) is 4.79 Å². The molecule has 1 aromatic heterocycles. The monoisotopic (exact) mass is 205 g/mol. The smallest absolute Gasteiger partial charge is 0.219 e. The summed E-state index contributed by atoms with van der Waals surface area (Å²) >= 11 is 0. The van der Waals surface area contributed by atoms with E-state index in [1.165, 1.54) is 11.1 Å². The quantitative estimate of drug-likeness (QED) is 0.625. The highest BCUT2D eigenvalue weighted by atomic mass is 16.2. The topological polar surface area (TPSA) is 24.2 Å². The number of aryl methyl sites for hydroxylation is 1. The molecule has 0 atom stereocenters. The van der Waals surface area contributed by atoms with Gasteiger partial charge in [-0.25, -0.2) is 4.57 Å². The minimum absolute atomic E-state index is 0.174. The van der Waals surface area contributed by atoms with Gasteiger partial charge in [-0.05, 0) is 18.9 Å². The number of hydrogen-bond donors (Lipinski definition) is 0. The molecule has 1 aliphatic heterocycles. The molecule has 1 aromatic rings. The molecule has 0 saturated carbocycles. The Kier molecular flexibility index (Phi) is 2.71. The van der Waals surface area contributed by atoms with E-state index in [1.807, 2.05) is 4.90 Å². The molecule has 3 heteroatoms. The van der Waals surface area contributed by atoms with Gasteiger partial charge in [0.1, 0.15) is 6.54 Å². The predicted molar refractivity (Wildman–Crippen MR) is 57.1 cm³/mol. The maximum absolute atomic E-state index is 11.3. The fourth-order valence-electron chi connectivity index (χ4n) is 2.01. The first-order chi connectivity index (χ1) is 7.20. The Labute approximate surface area is 90.3 Å². The van der Waals surface area contributed by atoms with Crippen LogP contribution in [0.15, 0.2) is 18.5 Å². The van der Waals surface area contributed by atoms with Crippen molar-refractivity contribution in [2.45, 2.75) is 33.4 Å². The minimum atomic E-state index is 0.174. The lowest BCUT2D eigenvalue weighted by molar-refractivity contribution is -0.694. The summed E-state index contributed by atoms with van der Waals surface area (Å²) in [6.45, 7) is 6.37. The van der Waals surface area contributed by atoms with Crippen molar-refractivity contribution in [2.24, 2.45) is 0 Å². The summed E-state index contributed by atoms with van der Waals surface area (Å²) in [5, 5.41) is 0. The number of nitrogens with zero attached hydrogens (tertiary/aromatic N) is 2. The van der Waals surface area contributed by atoms with Crippen LogP contribution in [0.2, 0.25) is 0 Å². The summed E-state index contributed by atoms with van der Waals surface area (Å²) in [6, 6.07) is 2.18. The number of carbonyl (C=O) groups excluding carboxylic acids is 1. The van der Waals surface area contributed by atoms with Gasteiger partial charge in [-0.3, -0.25) is 4.79 Å². The third-order valence-corrected chi connectivity index (χ3v) is 3.02. The largest absolute Gasteiger partial charge is 0.338 e. The Morgan fingerprint density at radius 3 is 3.00 bits per heavy atom. The van der Waals surface area contributed by atoms with Gasteiger partial charge in [-0.1, -0.05) is 0 Å². The molecule has 2 heterocycles. The first kappa shape index (κ1) is 10.1. The van der Waals surface area contributed by atoms with E-state index in [0.29, 0.717) is 0 Å². The van der Waals surface area contributed by atoms with E-state index in [1.54, 1.807) is 6.92 Å². The maximum Gasteiger partial charge on any atom is 0.219 e. The summed E-state index contributed by atoms with van der Waals surface area (Å²) in [5.41, 5.74) is 2.68. The zero-order chi connectivity index (χ0) is 10.8. The SMILES string of the molecule is CC[n+]1ccc2c(c1)CN(C(C)=O)CC2. The highest BCUT2D eigenvalue weighted by Crippen LogP contribution is 2.16. The molecule has 0 radical (unpaired) electrons. The van der Waals surface area contributed by atoms with Crippen LogP contribution in [0.1, 0.15) is 25.0 Å². The number of rotatable bonds is 1. The fourth-order valence-corrected chi connectivity index (χ4v) is 2.01. The van der Waals surface area contributed by atoms with Gasteiger partial charge in [0.15, 0.2) is 12.4 Å². The van der Waals surface area contributed by atoms with Crippen LogP contribution in [0, 0.1) is 0 Å². The van der Waals surface area contributed by atoms with Gasteiger partial charge in [-0.2, -0.15) is 0 Å². The summed E-state index contributed by atoms with van der Waals surface area (Å²) in [6.07, 6.45) is 5.26. The summed E-state index contributed by atoms with van der Waals surface area (Å²) in [7, 11) is 0. The molecule has 0 aliphatic carbocycles. The van der Waals surface area contributed by atoms with Gasteiger partial charge in [0.05, 0.1) is 6.54 Å². The van der Waals surface area contributed by atoms with Crippen LogP contribution in [-0.4, -0.2) is 17.4 Å². The average Bonchev–Trinajstić information content (AvgIpc) is 2.27. The molecule has 0 N–H and O–H groups in total. The van der Waals surface area contributed by atoms with E-state index in [2.05, 4.69) is 30.0 Å². The van der Waals surface area contributed by atoms with Gasteiger partial charge in [-0.15, -0.1) is 0 Å². The van der Waals surface area contributed by atoms with Crippen LogP contribution in [0.3, 0.4) is 0 Å². The first-order valence-corrected chi connectivity index (χ1v) is 5.47. The Bertz CT molecular complexity index is 387. The number of amides is 1. The van der Waals surface area contributed by atoms with Gasteiger partial charge >= 0.3 is 0 Å². The number of hydrogen-bond acceptors (Lipinski definition) is 1. The molecule has 0 fully saturated rings. The van der Waals surface area contributed by atoms with Crippen LogP contribution in [0.4, 0.5) is 0 Å². The second-order valence-corrected chi connectivity index (χ2v) is 4.02. The van der Waals surface area contributed by atoms with Crippen molar-refractivity contribution < 1.29 is 9.36 Å². The molecule has 0 spiro atoms. The lowest BCUT2D eigenvalue weighted by atomic mass is 10.0. The second kappa shape index (κ2) is 4.01. The van der Waals surface area contributed by atoms with Crippen LogP contribution in [-0.2, 0) is 24.3 Å². The van der Waals surface area contributed by atoms with E-state index in [0.717, 1.165) is 26.1 Å². The summed E-state index contributed by atoms with van der Waals surface area (Å²) in [5.74, 6) is 0.174. The zero-order valence-electron chi connectivity index (χ0n) is 9.36. The normalized spacial score (nSPS) is 14.9. The van der Waals surface area contributed by atoms with Gasteiger partial charge in [0.25, 0.3) is 0 Å². The average molecular weight is 205 g/mol. The van der Waals surface area contributed by atoms with Crippen LogP contribution in [0.25, 0.3) is 0 Å². The molecule has 2 rings (SSSR count). The van der Waals surface area contributed by atoms with Gasteiger partial charge in [0.2, 0.25) is 5.91 Å². The zero-order valence-corrected chi connectivity index (χ0v) is 9.36. The standard InChI is InChI=1S/C12H17N2O/c1-3-13-6-4-11-5-7-14(10(2)15)9-12(11)8-13/h4,6,8H,3,5,7,9H2,1-2H3/q+1. The molecule has 80 valence electrons. The summed E-state index contributed by atoms with van der Waals surface area (Å²) < 4.78 is 2.16. The predicted octanol–water partition coefficient (Wildman–Crippen LogP) is 0.899. The number of carbonyl (C=O) groups is 1. The number of fused-ring (bicyclic) bond motifs is 1. The lowest BCUT2D eigenvalue weighted by Crippen LogP contribution is -2.38. The van der Waals surface area contributed by atoms with Crippen molar-refractivity contribution >= 4 is 5.91 Å². The molecule has 1 amide bonds. The Morgan fingerprint density at radius 1 is 1.53 bits per heavy atom. The first-order valence-electron chi connectivity index (χ1n) is 5.47. The van der Waals surface area contributed by atoms with Crippen molar-refractivity contribution in [1.29, 1.82) is 0 Å². The number of pyridine rings is 1. The van der Waals surface area contributed by atoms with Crippen molar-refractivity contribution in [3.05, 3.63) is 29.6 Å². The highest BCUT2D eigenvalue weighted by Gasteiger charge is 2.20. The van der Waals surface area contributed by atoms with E-state index in [4.69, 9.17) is 0 Å². The molecular weight excluding hydrogens is 188 g/mol. The Balaban J connectivity index is 2.27. The molecule has 0 saturated heterocycles. The molecular formula is C12H17N2O+. The molecule has 0 bridgehead atoms. The molecule has 0 aromatic carbocycles. The summed E-state index contributed by atoms with van der Waals surface area (Å²) in [4.78, 5) is 13.2. The molecule has 3 nitrogen and oxygen atoms in total. The van der Waals surface area contributed by atoms with Crippen LogP contribution in [0.5, 0.6) is 0 Å². The maximum atomic E-state index is 11.3. The van der Waals surface area contributed by atoms with E-state index >= 15 is 0 Å². The third kappa shape index (κ3) is 2.01. The van der Waals surface area contributed by atoms with Crippen LogP contribution < -0.4 is 4.57 Å². The highest BCUT2D eigenvalue weighted by molar-refractivity contribution is 5.73. The Morgan fingerprint density at radius 2 is 2.33 bits per heavy atom. The van der Waals surface area contributed by atoms with Crippen molar-refractivity contribution in [2.75, 3.05) is 6.54 Å². The molecule has 0 unspecified atom stereocenters. The van der Waals surface area contributed by atoms with E-state index in [-0.39, 0.29) is 5.91 Å². The number of aromatic nitrogens is 1.